The number of nitrogens with zero attached hydrogens (tertiary/aromatic N) is 2. The highest BCUT2D eigenvalue weighted by atomic mass is 15.3. The summed E-state index contributed by atoms with van der Waals surface area (Å²) in [5.41, 5.74) is 8.01. The van der Waals surface area contributed by atoms with E-state index in [4.69, 9.17) is 5.10 Å². The summed E-state index contributed by atoms with van der Waals surface area (Å²) in [7, 11) is 0. The molecule has 2 heteroatoms. The molecule has 1 aromatic heterocycles. The van der Waals surface area contributed by atoms with Crippen molar-refractivity contribution in [1.82, 2.24) is 9.78 Å². The molecule has 1 aromatic carbocycles. The fourth-order valence-electron chi connectivity index (χ4n) is 2.72. The standard InChI is InChI=1S/C17H24N2/c1-6-15-10-16(7-2)19(18-15)11-17-13(4)8-12(3)9-14(17)5/h8-10H,6-7,11H2,1-5H3. The molecule has 0 aliphatic carbocycles. The van der Waals surface area contributed by atoms with Gasteiger partial charge in [-0.25, -0.2) is 0 Å². The van der Waals surface area contributed by atoms with Gasteiger partial charge in [0.05, 0.1) is 12.2 Å². The molecule has 0 unspecified atom stereocenters. The second-order valence-corrected chi connectivity index (χ2v) is 5.37. The van der Waals surface area contributed by atoms with E-state index in [9.17, 15) is 0 Å². The monoisotopic (exact) mass is 256 g/mol. The van der Waals surface area contributed by atoms with Crippen LogP contribution in [-0.4, -0.2) is 9.78 Å². The van der Waals surface area contributed by atoms with Gasteiger partial charge in [-0.3, -0.25) is 4.68 Å². The van der Waals surface area contributed by atoms with Crippen LogP contribution in [0.3, 0.4) is 0 Å². The Kier molecular flexibility index (Phi) is 4.08. The largest absolute Gasteiger partial charge is 0.265 e. The Labute approximate surface area is 116 Å². The molecule has 0 aliphatic heterocycles. The highest BCUT2D eigenvalue weighted by molar-refractivity contribution is 5.37. The molecule has 2 aromatic rings. The lowest BCUT2D eigenvalue weighted by Gasteiger charge is -2.13. The molecule has 0 amide bonds. The van der Waals surface area contributed by atoms with Crippen LogP contribution in [0.1, 0.15) is 47.5 Å². The van der Waals surface area contributed by atoms with Gasteiger partial charge in [-0.1, -0.05) is 31.5 Å². The van der Waals surface area contributed by atoms with Crippen LogP contribution in [0.2, 0.25) is 0 Å². The minimum atomic E-state index is 0.890. The van der Waals surface area contributed by atoms with Crippen molar-refractivity contribution in [2.24, 2.45) is 0 Å². The smallest absolute Gasteiger partial charge is 0.0667 e. The van der Waals surface area contributed by atoms with Gasteiger partial charge in [-0.05, 0) is 56.4 Å². The molecule has 0 N–H and O–H groups in total. The summed E-state index contributed by atoms with van der Waals surface area (Å²) < 4.78 is 2.17. The van der Waals surface area contributed by atoms with Gasteiger partial charge in [-0.2, -0.15) is 5.10 Å². The quantitative estimate of drug-likeness (QED) is 0.809. The molecule has 102 valence electrons. The number of hydrogen-bond acceptors (Lipinski definition) is 1. The molecule has 0 bridgehead atoms. The van der Waals surface area contributed by atoms with Gasteiger partial charge in [0.1, 0.15) is 0 Å². The molecule has 2 nitrogen and oxygen atoms in total. The number of aromatic nitrogens is 2. The molecule has 0 saturated heterocycles. The van der Waals surface area contributed by atoms with Crippen LogP contribution in [0, 0.1) is 20.8 Å². The highest BCUT2D eigenvalue weighted by Crippen LogP contribution is 2.19. The number of benzene rings is 1. The third-order valence-corrected chi connectivity index (χ3v) is 3.79. The fraction of sp³-hybridized carbons (Fsp3) is 0.471. The van der Waals surface area contributed by atoms with Crippen molar-refractivity contribution in [3.05, 3.63) is 51.8 Å². The van der Waals surface area contributed by atoms with Gasteiger partial charge in [0.2, 0.25) is 0 Å². The van der Waals surface area contributed by atoms with Crippen molar-refractivity contribution in [2.45, 2.75) is 54.0 Å². The summed E-state index contributed by atoms with van der Waals surface area (Å²) >= 11 is 0. The van der Waals surface area contributed by atoms with Gasteiger partial charge < -0.3 is 0 Å². The van der Waals surface area contributed by atoms with E-state index in [2.05, 4.69) is 57.5 Å². The number of aryl methyl sites for hydroxylation is 5. The number of hydrogen-bond donors (Lipinski definition) is 0. The van der Waals surface area contributed by atoms with Gasteiger partial charge in [0.15, 0.2) is 0 Å². The van der Waals surface area contributed by atoms with E-state index in [1.165, 1.54) is 33.6 Å². The Morgan fingerprint density at radius 3 is 2.11 bits per heavy atom. The lowest BCUT2D eigenvalue weighted by Crippen LogP contribution is -2.09. The van der Waals surface area contributed by atoms with Crippen molar-refractivity contribution in [3.63, 3.8) is 0 Å². The van der Waals surface area contributed by atoms with Crippen molar-refractivity contribution in [1.29, 1.82) is 0 Å². The number of rotatable bonds is 4. The maximum atomic E-state index is 4.72. The Balaban J connectivity index is 2.38. The van der Waals surface area contributed by atoms with E-state index in [1.54, 1.807) is 0 Å². The highest BCUT2D eigenvalue weighted by Gasteiger charge is 2.09. The lowest BCUT2D eigenvalue weighted by molar-refractivity contribution is 0.636. The van der Waals surface area contributed by atoms with Gasteiger partial charge in [-0.15, -0.1) is 0 Å². The Morgan fingerprint density at radius 1 is 0.947 bits per heavy atom. The Bertz CT molecular complexity index is 556. The zero-order chi connectivity index (χ0) is 14.0. The molecule has 0 aliphatic rings. The van der Waals surface area contributed by atoms with Crippen LogP contribution in [0.25, 0.3) is 0 Å². The molecular formula is C17H24N2. The van der Waals surface area contributed by atoms with Crippen LogP contribution < -0.4 is 0 Å². The van der Waals surface area contributed by atoms with E-state index in [1.807, 2.05) is 0 Å². The van der Waals surface area contributed by atoms with Crippen LogP contribution >= 0.6 is 0 Å². The van der Waals surface area contributed by atoms with Crippen molar-refractivity contribution >= 4 is 0 Å². The molecule has 1 heterocycles. The minimum absolute atomic E-state index is 0.890. The average molecular weight is 256 g/mol. The Hall–Kier alpha value is -1.57. The van der Waals surface area contributed by atoms with E-state index in [0.717, 1.165) is 19.4 Å². The summed E-state index contributed by atoms with van der Waals surface area (Å²) in [6, 6.07) is 6.76. The van der Waals surface area contributed by atoms with Gasteiger partial charge in [0.25, 0.3) is 0 Å². The SMILES string of the molecule is CCc1cc(CC)n(Cc2c(C)cc(C)cc2C)n1. The molecule has 19 heavy (non-hydrogen) atoms. The van der Waals surface area contributed by atoms with E-state index in [0.29, 0.717) is 0 Å². The van der Waals surface area contributed by atoms with Crippen LogP contribution in [-0.2, 0) is 19.4 Å². The topological polar surface area (TPSA) is 17.8 Å². The zero-order valence-corrected chi connectivity index (χ0v) is 12.7. The first kappa shape index (κ1) is 13.9. The van der Waals surface area contributed by atoms with E-state index in [-0.39, 0.29) is 0 Å². The lowest BCUT2D eigenvalue weighted by atomic mass is 10.00. The maximum Gasteiger partial charge on any atom is 0.0667 e. The normalized spacial score (nSPS) is 11.0. The summed E-state index contributed by atoms with van der Waals surface area (Å²) in [4.78, 5) is 0. The summed E-state index contributed by atoms with van der Waals surface area (Å²) in [5.74, 6) is 0. The Morgan fingerprint density at radius 2 is 1.58 bits per heavy atom. The molecule has 0 saturated carbocycles. The second-order valence-electron chi connectivity index (χ2n) is 5.37. The molecule has 0 radical (unpaired) electrons. The molecule has 0 atom stereocenters. The molecule has 0 fully saturated rings. The van der Waals surface area contributed by atoms with E-state index < -0.39 is 0 Å². The first-order valence-corrected chi connectivity index (χ1v) is 7.17. The van der Waals surface area contributed by atoms with Crippen molar-refractivity contribution < 1.29 is 0 Å². The molecule has 2 rings (SSSR count). The predicted octanol–water partition coefficient (Wildman–Crippen LogP) is 3.98. The zero-order valence-electron chi connectivity index (χ0n) is 12.7. The van der Waals surface area contributed by atoms with Crippen LogP contribution in [0.15, 0.2) is 18.2 Å². The predicted molar refractivity (Wildman–Crippen MR) is 80.7 cm³/mol. The van der Waals surface area contributed by atoms with Gasteiger partial charge in [0, 0.05) is 5.69 Å². The van der Waals surface area contributed by atoms with Crippen LogP contribution in [0.5, 0.6) is 0 Å². The molecule has 0 spiro atoms. The third kappa shape index (κ3) is 2.89. The average Bonchev–Trinajstić information content (AvgIpc) is 2.76. The summed E-state index contributed by atoms with van der Waals surface area (Å²) in [6.07, 6.45) is 2.04. The first-order chi connectivity index (χ1) is 9.05. The van der Waals surface area contributed by atoms with Crippen molar-refractivity contribution in [3.8, 4) is 0 Å². The van der Waals surface area contributed by atoms with Crippen molar-refractivity contribution in [2.75, 3.05) is 0 Å². The third-order valence-electron chi connectivity index (χ3n) is 3.79. The summed E-state index contributed by atoms with van der Waals surface area (Å²) in [5, 5.41) is 4.72. The maximum absolute atomic E-state index is 4.72. The first-order valence-electron chi connectivity index (χ1n) is 7.17. The van der Waals surface area contributed by atoms with Gasteiger partial charge >= 0.3 is 0 Å². The summed E-state index contributed by atoms with van der Waals surface area (Å²) in [6.45, 7) is 11.8. The molecular weight excluding hydrogens is 232 g/mol. The van der Waals surface area contributed by atoms with Crippen LogP contribution in [0.4, 0.5) is 0 Å². The van der Waals surface area contributed by atoms with E-state index >= 15 is 0 Å². The second kappa shape index (κ2) is 5.60. The minimum Gasteiger partial charge on any atom is -0.265 e. The fourth-order valence-corrected chi connectivity index (χ4v) is 2.72.